The van der Waals surface area contributed by atoms with Gasteiger partial charge in [0, 0.05) is 18.8 Å². The molecule has 0 aliphatic rings. The Bertz CT molecular complexity index is 461. The summed E-state index contributed by atoms with van der Waals surface area (Å²) in [5.41, 5.74) is 2.21. The topological polar surface area (TPSA) is 55.6 Å². The van der Waals surface area contributed by atoms with Gasteiger partial charge >= 0.3 is 0 Å². The Hall–Kier alpha value is -1.27. The number of aryl methyl sites for hydroxylation is 2. The molecule has 0 radical (unpaired) electrons. The number of aromatic nitrogens is 4. The van der Waals surface area contributed by atoms with Crippen LogP contribution in [0.2, 0.25) is 0 Å². The van der Waals surface area contributed by atoms with Crippen LogP contribution in [0, 0.1) is 0 Å². The smallest absolute Gasteiger partial charge is 0.0804 e. The Balaban J connectivity index is 2.36. The third kappa shape index (κ3) is 1.98. The van der Waals surface area contributed by atoms with Gasteiger partial charge in [0.05, 0.1) is 22.8 Å². The Kier molecular flexibility index (Phi) is 3.31. The van der Waals surface area contributed by atoms with Crippen molar-refractivity contribution in [1.29, 1.82) is 0 Å². The molecule has 2 rings (SSSR count). The van der Waals surface area contributed by atoms with Crippen LogP contribution >= 0.6 is 11.5 Å². The Labute approximate surface area is 98.7 Å². The van der Waals surface area contributed by atoms with Crippen molar-refractivity contribution in [1.82, 2.24) is 24.7 Å². The minimum absolute atomic E-state index is 0.142. The third-order valence-electron chi connectivity index (χ3n) is 2.53. The van der Waals surface area contributed by atoms with E-state index in [1.807, 2.05) is 26.5 Å². The van der Waals surface area contributed by atoms with Crippen molar-refractivity contribution >= 4 is 11.5 Å². The van der Waals surface area contributed by atoms with Crippen LogP contribution in [0.1, 0.15) is 29.1 Å². The Morgan fingerprint density at radius 1 is 1.56 bits per heavy atom. The van der Waals surface area contributed by atoms with Crippen molar-refractivity contribution in [3.05, 3.63) is 28.5 Å². The van der Waals surface area contributed by atoms with Gasteiger partial charge in [-0.05, 0) is 25.0 Å². The molecular formula is C10H15N5S. The lowest BCUT2D eigenvalue weighted by Crippen LogP contribution is -2.17. The molecule has 2 aromatic rings. The van der Waals surface area contributed by atoms with Gasteiger partial charge in [-0.3, -0.25) is 4.68 Å². The molecule has 0 fully saturated rings. The fourth-order valence-electron chi connectivity index (χ4n) is 1.72. The summed E-state index contributed by atoms with van der Waals surface area (Å²) in [7, 11) is 3.86. The standard InChI is InChI=1S/C10H15N5S/c1-4-8-10(16-14-13-8)9(11-2)7-5-12-15(3)6-7/h5-6,9,11H,4H2,1-3H3. The van der Waals surface area contributed by atoms with Crippen LogP contribution < -0.4 is 5.32 Å². The van der Waals surface area contributed by atoms with Gasteiger partial charge in [0.25, 0.3) is 0 Å². The molecule has 1 N–H and O–H groups in total. The van der Waals surface area contributed by atoms with Crippen LogP contribution in [0.25, 0.3) is 0 Å². The Morgan fingerprint density at radius 3 is 2.94 bits per heavy atom. The molecule has 0 saturated heterocycles. The zero-order valence-corrected chi connectivity index (χ0v) is 10.5. The van der Waals surface area contributed by atoms with E-state index in [-0.39, 0.29) is 6.04 Å². The van der Waals surface area contributed by atoms with Crippen molar-refractivity contribution in [2.75, 3.05) is 7.05 Å². The molecule has 16 heavy (non-hydrogen) atoms. The van der Waals surface area contributed by atoms with E-state index in [2.05, 4.69) is 26.9 Å². The summed E-state index contributed by atoms with van der Waals surface area (Å²) in [5, 5.41) is 11.6. The molecule has 0 aromatic carbocycles. The van der Waals surface area contributed by atoms with Gasteiger partial charge in [-0.15, -0.1) is 5.10 Å². The van der Waals surface area contributed by atoms with Gasteiger partial charge < -0.3 is 5.32 Å². The van der Waals surface area contributed by atoms with E-state index in [1.54, 1.807) is 4.68 Å². The van der Waals surface area contributed by atoms with Crippen LogP contribution in [-0.4, -0.2) is 26.4 Å². The largest absolute Gasteiger partial charge is 0.308 e. The normalized spacial score (nSPS) is 12.9. The van der Waals surface area contributed by atoms with E-state index in [1.165, 1.54) is 16.4 Å². The summed E-state index contributed by atoms with van der Waals surface area (Å²) < 4.78 is 5.82. The number of nitrogens with zero attached hydrogens (tertiary/aromatic N) is 4. The molecule has 0 saturated carbocycles. The molecule has 0 amide bonds. The SMILES string of the molecule is CCc1nnsc1C(NC)c1cnn(C)c1. The Morgan fingerprint density at radius 2 is 2.38 bits per heavy atom. The van der Waals surface area contributed by atoms with E-state index in [9.17, 15) is 0 Å². The summed E-state index contributed by atoms with van der Waals surface area (Å²) in [6.45, 7) is 2.09. The average Bonchev–Trinajstić information content (AvgIpc) is 2.89. The monoisotopic (exact) mass is 237 g/mol. The molecular weight excluding hydrogens is 222 g/mol. The zero-order valence-electron chi connectivity index (χ0n) is 9.64. The van der Waals surface area contributed by atoms with Gasteiger partial charge in [-0.25, -0.2) is 0 Å². The molecule has 1 unspecified atom stereocenters. The summed E-state index contributed by atoms with van der Waals surface area (Å²) in [6.07, 6.45) is 4.80. The highest BCUT2D eigenvalue weighted by Crippen LogP contribution is 2.26. The van der Waals surface area contributed by atoms with Crippen LogP contribution in [0.5, 0.6) is 0 Å². The summed E-state index contributed by atoms with van der Waals surface area (Å²) in [4.78, 5) is 1.18. The molecule has 5 nitrogen and oxygen atoms in total. The zero-order chi connectivity index (χ0) is 11.5. The first-order valence-corrected chi connectivity index (χ1v) is 6.00. The van der Waals surface area contributed by atoms with Crippen molar-refractivity contribution in [2.24, 2.45) is 7.05 Å². The number of hydrogen-bond donors (Lipinski definition) is 1. The van der Waals surface area contributed by atoms with Gasteiger partial charge in [-0.2, -0.15) is 5.10 Å². The molecule has 6 heteroatoms. The van der Waals surface area contributed by atoms with Crippen LogP contribution in [0.4, 0.5) is 0 Å². The van der Waals surface area contributed by atoms with Gasteiger partial charge in [0.2, 0.25) is 0 Å². The second-order valence-corrected chi connectivity index (χ2v) is 4.39. The summed E-state index contributed by atoms with van der Waals surface area (Å²) >= 11 is 1.45. The van der Waals surface area contributed by atoms with Crippen molar-refractivity contribution in [3.8, 4) is 0 Å². The average molecular weight is 237 g/mol. The highest BCUT2D eigenvalue weighted by atomic mass is 32.1. The first kappa shape index (κ1) is 11.2. The molecule has 0 aliphatic carbocycles. The second-order valence-electron chi connectivity index (χ2n) is 3.61. The van der Waals surface area contributed by atoms with E-state index in [0.29, 0.717) is 0 Å². The van der Waals surface area contributed by atoms with Gasteiger partial charge in [0.1, 0.15) is 0 Å². The number of hydrogen-bond acceptors (Lipinski definition) is 5. The summed E-state index contributed by atoms with van der Waals surface area (Å²) in [6, 6.07) is 0.142. The number of nitrogens with one attached hydrogen (secondary N) is 1. The molecule has 1 atom stereocenters. The molecule has 0 aliphatic heterocycles. The predicted octanol–water partition coefficient (Wildman–Crippen LogP) is 1.14. The molecule has 2 heterocycles. The lowest BCUT2D eigenvalue weighted by atomic mass is 10.1. The van der Waals surface area contributed by atoms with Crippen LogP contribution in [0.3, 0.4) is 0 Å². The third-order valence-corrected chi connectivity index (χ3v) is 3.36. The number of rotatable bonds is 4. The van der Waals surface area contributed by atoms with Crippen LogP contribution in [0.15, 0.2) is 12.4 Å². The first-order chi connectivity index (χ1) is 7.76. The van der Waals surface area contributed by atoms with Gasteiger partial charge in [0.15, 0.2) is 0 Å². The van der Waals surface area contributed by atoms with Crippen molar-refractivity contribution < 1.29 is 0 Å². The van der Waals surface area contributed by atoms with E-state index < -0.39 is 0 Å². The molecule has 0 spiro atoms. The molecule has 0 bridgehead atoms. The van der Waals surface area contributed by atoms with E-state index in [4.69, 9.17) is 0 Å². The summed E-state index contributed by atoms with van der Waals surface area (Å²) in [5.74, 6) is 0. The molecule has 86 valence electrons. The van der Waals surface area contributed by atoms with Crippen LogP contribution in [-0.2, 0) is 13.5 Å². The minimum atomic E-state index is 0.142. The maximum atomic E-state index is 4.19. The predicted molar refractivity (Wildman–Crippen MR) is 63.4 cm³/mol. The fraction of sp³-hybridized carbons (Fsp3) is 0.500. The maximum absolute atomic E-state index is 4.19. The van der Waals surface area contributed by atoms with E-state index in [0.717, 1.165) is 17.7 Å². The maximum Gasteiger partial charge on any atom is 0.0804 e. The van der Waals surface area contributed by atoms with Crippen molar-refractivity contribution in [3.63, 3.8) is 0 Å². The highest BCUT2D eigenvalue weighted by Gasteiger charge is 2.19. The quantitative estimate of drug-likeness (QED) is 0.866. The lowest BCUT2D eigenvalue weighted by molar-refractivity contribution is 0.690. The minimum Gasteiger partial charge on any atom is -0.308 e. The molecule has 2 aromatic heterocycles. The van der Waals surface area contributed by atoms with Crippen molar-refractivity contribution in [2.45, 2.75) is 19.4 Å². The lowest BCUT2D eigenvalue weighted by Gasteiger charge is -2.12. The highest BCUT2D eigenvalue weighted by molar-refractivity contribution is 7.05. The fourth-order valence-corrected chi connectivity index (χ4v) is 2.60. The first-order valence-electron chi connectivity index (χ1n) is 5.23. The van der Waals surface area contributed by atoms with E-state index >= 15 is 0 Å². The second kappa shape index (κ2) is 4.71. The van der Waals surface area contributed by atoms with Gasteiger partial charge in [-0.1, -0.05) is 11.4 Å².